The average Bonchev–Trinajstić information content (AvgIpc) is 3.26. The Labute approximate surface area is 228 Å². The number of hydrogen-bond acceptors (Lipinski definition) is 7. The van der Waals surface area contributed by atoms with Crippen LogP contribution in [0.5, 0.6) is 11.6 Å². The van der Waals surface area contributed by atoms with Gasteiger partial charge in [0.25, 0.3) is 0 Å². The van der Waals surface area contributed by atoms with Gasteiger partial charge in [-0.05, 0) is 74.1 Å². The quantitative estimate of drug-likeness (QED) is 0.385. The maximum Gasteiger partial charge on any atom is 0.301 e. The monoisotopic (exact) mass is 551 g/mol. The van der Waals surface area contributed by atoms with Crippen LogP contribution in [0.1, 0.15) is 67.6 Å². The van der Waals surface area contributed by atoms with Crippen LogP contribution in [0.2, 0.25) is 0 Å². The van der Waals surface area contributed by atoms with E-state index in [1.54, 1.807) is 26.0 Å². The number of nitrogens with zero attached hydrogens (tertiary/aromatic N) is 1. The van der Waals surface area contributed by atoms with Crippen LogP contribution in [0, 0.1) is 6.92 Å². The number of amides is 1. The third-order valence-corrected chi connectivity index (χ3v) is 8.12. The Morgan fingerprint density at radius 1 is 1.08 bits per heavy atom. The van der Waals surface area contributed by atoms with Gasteiger partial charge in [0.15, 0.2) is 0 Å². The molecular weight excluding hydrogens is 518 g/mol. The predicted molar refractivity (Wildman–Crippen MR) is 147 cm³/mol. The lowest BCUT2D eigenvalue weighted by Crippen LogP contribution is -2.48. The predicted octanol–water partition coefficient (Wildman–Crippen LogP) is 4.06. The molecule has 1 aromatic heterocycles. The molecule has 0 radical (unpaired) electrons. The van der Waals surface area contributed by atoms with Gasteiger partial charge in [-0.15, -0.1) is 0 Å². The first-order chi connectivity index (χ1) is 18.5. The Hall–Kier alpha value is -3.47. The van der Waals surface area contributed by atoms with Gasteiger partial charge >= 0.3 is 10.2 Å². The molecule has 39 heavy (non-hydrogen) atoms. The summed E-state index contributed by atoms with van der Waals surface area (Å²) in [6.45, 7) is 5.87. The number of hydrogen-bond donors (Lipinski definition) is 3. The number of nitrogens with one attached hydrogen (secondary N) is 2. The summed E-state index contributed by atoms with van der Waals surface area (Å²) in [7, 11) is -3.84. The fourth-order valence-corrected chi connectivity index (χ4v) is 6.10. The fourth-order valence-electron chi connectivity index (χ4n) is 5.06. The highest BCUT2D eigenvalue weighted by Gasteiger charge is 2.30. The number of aryl methyl sites for hydroxylation is 1. The van der Waals surface area contributed by atoms with E-state index in [-0.39, 0.29) is 12.5 Å². The number of ether oxygens (including phenoxy) is 2. The van der Waals surface area contributed by atoms with E-state index < -0.39 is 27.8 Å². The fraction of sp³-hybridized carbons (Fsp3) is 0.379. The summed E-state index contributed by atoms with van der Waals surface area (Å²) in [6, 6.07) is 16.7. The normalized spacial score (nSPS) is 20.3. The molecule has 1 aliphatic carbocycles. The molecule has 2 aliphatic rings. The Bertz CT molecular complexity index is 1480. The molecule has 2 atom stereocenters. The number of fused-ring (bicyclic) bond motifs is 1. The number of rotatable bonds is 8. The molecule has 0 spiro atoms. The van der Waals surface area contributed by atoms with Crippen molar-refractivity contribution >= 4 is 16.1 Å². The van der Waals surface area contributed by atoms with Crippen LogP contribution in [-0.4, -0.2) is 36.6 Å². The second-order valence-corrected chi connectivity index (χ2v) is 12.1. The van der Waals surface area contributed by atoms with Crippen molar-refractivity contribution in [2.75, 3.05) is 6.61 Å². The summed E-state index contributed by atoms with van der Waals surface area (Å²) in [5.74, 6) is 0.686. The molecule has 5 rings (SSSR count). The van der Waals surface area contributed by atoms with Crippen LogP contribution in [-0.2, 0) is 21.4 Å². The minimum Gasteiger partial charge on any atom is -0.486 e. The first kappa shape index (κ1) is 27.1. The highest BCUT2D eigenvalue weighted by atomic mass is 32.2. The number of carbonyl (C=O) groups is 1. The highest BCUT2D eigenvalue weighted by Crippen LogP contribution is 2.41. The van der Waals surface area contributed by atoms with Crippen molar-refractivity contribution in [2.45, 2.75) is 64.2 Å². The van der Waals surface area contributed by atoms with Crippen molar-refractivity contribution in [3.63, 3.8) is 0 Å². The van der Waals surface area contributed by atoms with E-state index in [9.17, 15) is 18.3 Å². The Balaban J connectivity index is 1.29. The number of aromatic nitrogens is 1. The van der Waals surface area contributed by atoms with Crippen molar-refractivity contribution in [3.8, 4) is 22.8 Å². The molecule has 206 valence electrons. The van der Waals surface area contributed by atoms with Gasteiger partial charge in [-0.25, -0.2) is 9.71 Å². The van der Waals surface area contributed by atoms with Gasteiger partial charge in [0.05, 0.1) is 18.2 Å². The second kappa shape index (κ2) is 10.6. The smallest absolute Gasteiger partial charge is 0.301 e. The van der Waals surface area contributed by atoms with Crippen molar-refractivity contribution in [3.05, 3.63) is 77.0 Å². The summed E-state index contributed by atoms with van der Waals surface area (Å²) in [6.07, 6.45) is 2.16. The molecule has 1 aliphatic heterocycles. The average molecular weight is 552 g/mol. The summed E-state index contributed by atoms with van der Waals surface area (Å²) in [4.78, 5) is 16.4. The minimum atomic E-state index is -3.84. The molecule has 3 aromatic rings. The summed E-state index contributed by atoms with van der Waals surface area (Å²) >= 11 is 0. The summed E-state index contributed by atoms with van der Waals surface area (Å²) in [5, 5.41) is 9.89. The highest BCUT2D eigenvalue weighted by molar-refractivity contribution is 7.88. The maximum atomic E-state index is 11.8. The molecule has 1 amide bonds. The zero-order valence-corrected chi connectivity index (χ0v) is 23.0. The SMILES string of the molecule is Cc1nc(OCCC(C)(C)O)ccc1-c1cccc2c1CC[C@H]2Oc1ccc(C2CC(=O)NS(=O)(=O)N2)cc1. The minimum absolute atomic E-state index is 0.0421. The molecule has 1 saturated heterocycles. The van der Waals surface area contributed by atoms with Gasteiger partial charge in [0.1, 0.15) is 11.9 Å². The number of benzene rings is 2. The lowest BCUT2D eigenvalue weighted by Gasteiger charge is -2.24. The number of aliphatic hydroxyl groups is 1. The van der Waals surface area contributed by atoms with Crippen LogP contribution in [0.25, 0.3) is 11.1 Å². The zero-order chi connectivity index (χ0) is 27.8. The van der Waals surface area contributed by atoms with Gasteiger partial charge in [-0.2, -0.15) is 13.1 Å². The van der Waals surface area contributed by atoms with Gasteiger partial charge in [-0.3, -0.25) is 4.79 Å². The Morgan fingerprint density at radius 2 is 1.85 bits per heavy atom. The van der Waals surface area contributed by atoms with E-state index in [0.29, 0.717) is 30.2 Å². The second-order valence-electron chi connectivity index (χ2n) is 10.7. The van der Waals surface area contributed by atoms with Crippen molar-refractivity contribution in [1.29, 1.82) is 0 Å². The molecule has 0 saturated carbocycles. The van der Waals surface area contributed by atoms with Crippen LogP contribution in [0.15, 0.2) is 54.6 Å². The van der Waals surface area contributed by atoms with E-state index in [1.807, 2.05) is 42.0 Å². The van der Waals surface area contributed by atoms with Gasteiger partial charge in [0.2, 0.25) is 11.8 Å². The van der Waals surface area contributed by atoms with Crippen LogP contribution in [0.4, 0.5) is 0 Å². The molecule has 1 unspecified atom stereocenters. The maximum absolute atomic E-state index is 11.8. The van der Waals surface area contributed by atoms with Gasteiger partial charge in [-0.1, -0.05) is 30.3 Å². The molecule has 3 N–H and O–H groups in total. The summed E-state index contributed by atoms with van der Waals surface area (Å²) in [5.41, 5.74) is 5.34. The molecule has 1 fully saturated rings. The lowest BCUT2D eigenvalue weighted by molar-refractivity contribution is -0.120. The van der Waals surface area contributed by atoms with Crippen molar-refractivity contribution in [2.24, 2.45) is 0 Å². The van der Waals surface area contributed by atoms with Crippen LogP contribution < -0.4 is 18.9 Å². The molecule has 0 bridgehead atoms. The number of pyridine rings is 1. The lowest BCUT2D eigenvalue weighted by atomic mass is 9.96. The Morgan fingerprint density at radius 3 is 2.54 bits per heavy atom. The van der Waals surface area contributed by atoms with Crippen molar-refractivity contribution < 1.29 is 27.8 Å². The first-order valence-corrected chi connectivity index (χ1v) is 14.5. The molecular formula is C29H33N3O6S. The summed E-state index contributed by atoms with van der Waals surface area (Å²) < 4.78 is 40.1. The van der Waals surface area contributed by atoms with Crippen LogP contribution in [0.3, 0.4) is 0 Å². The van der Waals surface area contributed by atoms with Crippen LogP contribution >= 0.6 is 0 Å². The van der Waals surface area contributed by atoms with E-state index in [1.165, 1.54) is 5.56 Å². The first-order valence-electron chi connectivity index (χ1n) is 13.0. The van der Waals surface area contributed by atoms with E-state index in [2.05, 4.69) is 21.8 Å². The third kappa shape index (κ3) is 6.41. The third-order valence-electron chi connectivity index (χ3n) is 7.03. The van der Waals surface area contributed by atoms with Gasteiger partial charge < -0.3 is 14.6 Å². The standard InChI is InChI=1S/C29H33N3O6S/c1-18-21(12-14-28(30-18)37-16-15-29(2,3)34)22-5-4-6-24-23(22)11-13-26(24)38-20-9-7-19(8-10-20)25-17-27(33)32-39(35,36)31-25/h4-10,12,14,25-26,31,34H,11,13,15-17H2,1-3H3,(H,32,33)/t25?,26-/m1/s1. The molecule has 2 heterocycles. The van der Waals surface area contributed by atoms with E-state index in [0.717, 1.165) is 35.2 Å². The molecule has 10 heteroatoms. The van der Waals surface area contributed by atoms with E-state index in [4.69, 9.17) is 9.47 Å². The zero-order valence-electron chi connectivity index (χ0n) is 22.2. The van der Waals surface area contributed by atoms with Crippen molar-refractivity contribution in [1.82, 2.24) is 14.4 Å². The van der Waals surface area contributed by atoms with E-state index >= 15 is 0 Å². The number of carbonyl (C=O) groups excluding carboxylic acids is 1. The molecule has 2 aromatic carbocycles. The largest absolute Gasteiger partial charge is 0.486 e. The topological polar surface area (TPSA) is 127 Å². The molecule has 9 nitrogen and oxygen atoms in total. The Kier molecular flexibility index (Phi) is 7.37. The van der Waals surface area contributed by atoms with Gasteiger partial charge in [0, 0.05) is 30.2 Å².